The Bertz CT molecular complexity index is 450. The first-order valence-electron chi connectivity index (χ1n) is 7.21. The van der Waals surface area contributed by atoms with Gasteiger partial charge < -0.3 is 4.74 Å². The van der Waals surface area contributed by atoms with Crippen molar-refractivity contribution in [1.82, 2.24) is 5.32 Å². The Hall–Kier alpha value is -1.42. The average Bonchev–Trinajstić information content (AvgIpc) is 2.44. The number of carbonyl (C=O) groups is 1. The SMILES string of the molecule is CCOC(=O)C(CC)(NC(C)CC)c1cccc(F)c1. The van der Waals surface area contributed by atoms with Crippen LogP contribution in [0.4, 0.5) is 4.39 Å². The second kappa shape index (κ2) is 7.39. The molecular weight excluding hydrogens is 257 g/mol. The van der Waals surface area contributed by atoms with E-state index in [0.717, 1.165) is 6.42 Å². The number of hydrogen-bond donors (Lipinski definition) is 1. The van der Waals surface area contributed by atoms with E-state index in [1.54, 1.807) is 19.1 Å². The van der Waals surface area contributed by atoms with Gasteiger partial charge in [0.1, 0.15) is 11.4 Å². The van der Waals surface area contributed by atoms with Crippen molar-refractivity contribution in [3.63, 3.8) is 0 Å². The standard InChI is InChI=1S/C16H24FNO2/c1-5-12(4)18-16(6-2,15(19)20-7-3)13-9-8-10-14(17)11-13/h8-12,18H,5-7H2,1-4H3. The van der Waals surface area contributed by atoms with Crippen LogP contribution in [0.2, 0.25) is 0 Å². The van der Waals surface area contributed by atoms with Gasteiger partial charge in [0, 0.05) is 6.04 Å². The van der Waals surface area contributed by atoms with E-state index in [0.29, 0.717) is 18.6 Å². The summed E-state index contributed by atoms with van der Waals surface area (Å²) in [5.74, 6) is -0.705. The van der Waals surface area contributed by atoms with E-state index in [9.17, 15) is 9.18 Å². The predicted molar refractivity (Wildman–Crippen MR) is 77.9 cm³/mol. The highest BCUT2D eigenvalue weighted by atomic mass is 19.1. The van der Waals surface area contributed by atoms with E-state index >= 15 is 0 Å². The summed E-state index contributed by atoms with van der Waals surface area (Å²) >= 11 is 0. The molecule has 3 nitrogen and oxygen atoms in total. The molecule has 2 unspecified atom stereocenters. The molecule has 0 aromatic heterocycles. The van der Waals surface area contributed by atoms with Gasteiger partial charge in [-0.1, -0.05) is 26.0 Å². The highest BCUT2D eigenvalue weighted by molar-refractivity contribution is 5.82. The molecule has 0 saturated heterocycles. The summed E-state index contributed by atoms with van der Waals surface area (Å²) in [6.45, 7) is 8.01. The fraction of sp³-hybridized carbons (Fsp3) is 0.562. The minimum Gasteiger partial charge on any atom is -0.464 e. The summed E-state index contributed by atoms with van der Waals surface area (Å²) in [5, 5.41) is 3.32. The minimum atomic E-state index is -0.993. The molecule has 0 fully saturated rings. The van der Waals surface area contributed by atoms with E-state index in [4.69, 9.17) is 4.74 Å². The largest absolute Gasteiger partial charge is 0.464 e. The molecule has 1 aromatic carbocycles. The van der Waals surface area contributed by atoms with Crippen molar-refractivity contribution in [3.05, 3.63) is 35.6 Å². The first kappa shape index (κ1) is 16.6. The first-order valence-corrected chi connectivity index (χ1v) is 7.21. The van der Waals surface area contributed by atoms with Gasteiger partial charge in [-0.3, -0.25) is 5.32 Å². The lowest BCUT2D eigenvalue weighted by Gasteiger charge is -2.34. The summed E-state index contributed by atoms with van der Waals surface area (Å²) in [7, 11) is 0. The molecule has 2 atom stereocenters. The molecule has 1 N–H and O–H groups in total. The number of rotatable bonds is 7. The van der Waals surface area contributed by atoms with Gasteiger partial charge in [0.15, 0.2) is 0 Å². The Morgan fingerprint density at radius 3 is 2.60 bits per heavy atom. The van der Waals surface area contributed by atoms with E-state index < -0.39 is 5.54 Å². The molecule has 20 heavy (non-hydrogen) atoms. The van der Waals surface area contributed by atoms with Crippen LogP contribution in [0.1, 0.15) is 46.1 Å². The second-order valence-electron chi connectivity index (χ2n) is 4.94. The lowest BCUT2D eigenvalue weighted by molar-refractivity contribution is -0.152. The van der Waals surface area contributed by atoms with Crippen LogP contribution in [0.15, 0.2) is 24.3 Å². The van der Waals surface area contributed by atoms with Crippen molar-refractivity contribution >= 4 is 5.97 Å². The Labute approximate surface area is 120 Å². The molecule has 0 radical (unpaired) electrons. The topological polar surface area (TPSA) is 38.3 Å². The lowest BCUT2D eigenvalue weighted by Crippen LogP contribution is -2.53. The Balaban J connectivity index is 3.26. The summed E-state index contributed by atoms with van der Waals surface area (Å²) in [4.78, 5) is 12.5. The third kappa shape index (κ3) is 3.57. The number of ether oxygens (including phenoxy) is 1. The van der Waals surface area contributed by atoms with Crippen molar-refractivity contribution < 1.29 is 13.9 Å². The summed E-state index contributed by atoms with van der Waals surface area (Å²) in [5.41, 5.74) is -0.383. The number of benzene rings is 1. The molecule has 1 aromatic rings. The van der Waals surface area contributed by atoms with Gasteiger partial charge >= 0.3 is 5.97 Å². The van der Waals surface area contributed by atoms with Crippen LogP contribution in [-0.2, 0) is 15.1 Å². The predicted octanol–water partition coefficient (Wildman–Crippen LogP) is 3.38. The molecule has 4 heteroatoms. The van der Waals surface area contributed by atoms with Crippen LogP contribution < -0.4 is 5.32 Å². The zero-order chi connectivity index (χ0) is 15.2. The lowest BCUT2D eigenvalue weighted by atomic mass is 9.86. The Kier molecular flexibility index (Phi) is 6.14. The summed E-state index contributed by atoms with van der Waals surface area (Å²) in [6, 6.07) is 6.28. The van der Waals surface area contributed by atoms with Crippen LogP contribution in [0.25, 0.3) is 0 Å². The van der Waals surface area contributed by atoms with Crippen molar-refractivity contribution in [2.45, 2.75) is 52.1 Å². The van der Waals surface area contributed by atoms with Crippen LogP contribution >= 0.6 is 0 Å². The number of hydrogen-bond acceptors (Lipinski definition) is 3. The van der Waals surface area contributed by atoms with Gasteiger partial charge in [0.2, 0.25) is 0 Å². The van der Waals surface area contributed by atoms with Crippen LogP contribution in [-0.4, -0.2) is 18.6 Å². The molecule has 0 aliphatic carbocycles. The smallest absolute Gasteiger partial charge is 0.330 e. The maximum absolute atomic E-state index is 13.5. The average molecular weight is 281 g/mol. The fourth-order valence-corrected chi connectivity index (χ4v) is 2.24. The van der Waals surface area contributed by atoms with Crippen LogP contribution in [0, 0.1) is 5.82 Å². The highest BCUT2D eigenvalue weighted by Crippen LogP contribution is 2.28. The zero-order valence-electron chi connectivity index (χ0n) is 12.7. The van der Waals surface area contributed by atoms with Gasteiger partial charge in [0.05, 0.1) is 6.61 Å². The molecule has 0 aliphatic heterocycles. The maximum Gasteiger partial charge on any atom is 0.330 e. The summed E-state index contributed by atoms with van der Waals surface area (Å²) < 4.78 is 18.7. The zero-order valence-corrected chi connectivity index (χ0v) is 12.7. The van der Waals surface area contributed by atoms with E-state index in [1.165, 1.54) is 12.1 Å². The monoisotopic (exact) mass is 281 g/mol. The number of carbonyl (C=O) groups excluding carboxylic acids is 1. The van der Waals surface area contributed by atoms with Crippen molar-refractivity contribution in [1.29, 1.82) is 0 Å². The maximum atomic E-state index is 13.5. The van der Waals surface area contributed by atoms with Crippen molar-refractivity contribution in [2.24, 2.45) is 0 Å². The van der Waals surface area contributed by atoms with Crippen molar-refractivity contribution in [2.75, 3.05) is 6.61 Å². The van der Waals surface area contributed by atoms with Crippen LogP contribution in [0.5, 0.6) is 0 Å². The summed E-state index contributed by atoms with van der Waals surface area (Å²) in [6.07, 6.45) is 1.37. The first-order chi connectivity index (χ1) is 9.50. The van der Waals surface area contributed by atoms with Gasteiger partial charge in [-0.25, -0.2) is 9.18 Å². The highest BCUT2D eigenvalue weighted by Gasteiger charge is 2.40. The Morgan fingerprint density at radius 2 is 2.10 bits per heavy atom. The van der Waals surface area contributed by atoms with Gasteiger partial charge in [-0.15, -0.1) is 0 Å². The van der Waals surface area contributed by atoms with Crippen molar-refractivity contribution in [3.8, 4) is 0 Å². The van der Waals surface area contributed by atoms with E-state index in [-0.39, 0.29) is 17.8 Å². The second-order valence-corrected chi connectivity index (χ2v) is 4.94. The molecule has 0 amide bonds. The molecule has 112 valence electrons. The number of halogens is 1. The number of nitrogens with one attached hydrogen (secondary N) is 1. The third-order valence-electron chi connectivity index (χ3n) is 3.58. The Morgan fingerprint density at radius 1 is 1.40 bits per heavy atom. The number of esters is 1. The molecule has 0 saturated carbocycles. The van der Waals surface area contributed by atoms with Gasteiger partial charge in [-0.05, 0) is 44.4 Å². The minimum absolute atomic E-state index is 0.127. The van der Waals surface area contributed by atoms with E-state index in [1.807, 2.05) is 20.8 Å². The normalized spacial score (nSPS) is 15.4. The third-order valence-corrected chi connectivity index (χ3v) is 3.58. The molecule has 0 spiro atoms. The quantitative estimate of drug-likeness (QED) is 0.779. The fourth-order valence-electron chi connectivity index (χ4n) is 2.24. The molecule has 0 bridgehead atoms. The molecular formula is C16H24FNO2. The molecule has 0 heterocycles. The molecule has 1 rings (SSSR count). The van der Waals surface area contributed by atoms with Gasteiger partial charge in [0.25, 0.3) is 0 Å². The molecule has 0 aliphatic rings. The van der Waals surface area contributed by atoms with Crippen LogP contribution in [0.3, 0.4) is 0 Å². The van der Waals surface area contributed by atoms with E-state index in [2.05, 4.69) is 5.32 Å². The van der Waals surface area contributed by atoms with Gasteiger partial charge in [-0.2, -0.15) is 0 Å².